The summed E-state index contributed by atoms with van der Waals surface area (Å²) < 4.78 is 14.5. The fraction of sp³-hybridized carbons (Fsp3) is 0.263. The zero-order valence-corrected chi connectivity index (χ0v) is 15.8. The first-order valence-corrected chi connectivity index (χ1v) is 10.3. The van der Waals surface area contributed by atoms with E-state index in [2.05, 4.69) is 10.3 Å². The Hall–Kier alpha value is -2.00. The molecule has 140 valence electrons. The summed E-state index contributed by atoms with van der Waals surface area (Å²) in [6.45, 7) is 0. The van der Waals surface area contributed by atoms with E-state index in [-0.39, 0.29) is 10.8 Å². The number of halogens is 1. The molecule has 3 N–H and O–H groups in total. The number of para-hydroxylation sites is 1. The van der Waals surface area contributed by atoms with Crippen molar-refractivity contribution in [1.82, 2.24) is 10.3 Å². The molecule has 8 heteroatoms. The van der Waals surface area contributed by atoms with Crippen LogP contribution in [0.1, 0.15) is 29.1 Å². The highest BCUT2D eigenvalue weighted by Gasteiger charge is 2.31. The summed E-state index contributed by atoms with van der Waals surface area (Å²) in [5, 5.41) is 23.7. The first-order valence-electron chi connectivity index (χ1n) is 8.47. The van der Waals surface area contributed by atoms with E-state index in [0.29, 0.717) is 17.5 Å². The molecule has 0 spiro atoms. The van der Waals surface area contributed by atoms with Gasteiger partial charge in [-0.15, -0.1) is 23.1 Å². The Bertz CT molecular complexity index is 961. The number of nitrogens with zero attached hydrogens (tertiary/aromatic N) is 1. The number of carbonyl (C=O) groups excluding carboxylic acids is 1. The number of carbonyl (C=O) groups is 1. The summed E-state index contributed by atoms with van der Waals surface area (Å²) in [5.41, 5.74) is 1.40. The molecule has 1 aliphatic heterocycles. The minimum atomic E-state index is -1.66. The van der Waals surface area contributed by atoms with Crippen molar-refractivity contribution in [3.63, 3.8) is 0 Å². The van der Waals surface area contributed by atoms with E-state index < -0.39 is 24.2 Å². The van der Waals surface area contributed by atoms with Gasteiger partial charge in [-0.05, 0) is 42.3 Å². The van der Waals surface area contributed by atoms with E-state index in [9.17, 15) is 19.4 Å². The predicted octanol–water partition coefficient (Wildman–Crippen LogP) is 3.18. The van der Waals surface area contributed by atoms with E-state index in [0.717, 1.165) is 15.3 Å². The van der Waals surface area contributed by atoms with E-state index in [1.165, 1.54) is 23.5 Å². The average Bonchev–Trinajstić information content (AvgIpc) is 3.11. The molecule has 3 atom stereocenters. The Kier molecular flexibility index (Phi) is 5.14. The molecule has 0 aliphatic carbocycles. The largest absolute Gasteiger partial charge is 0.383 e. The van der Waals surface area contributed by atoms with Crippen molar-refractivity contribution in [3.8, 4) is 0 Å². The van der Waals surface area contributed by atoms with Crippen LogP contribution in [0, 0.1) is 5.82 Å². The first-order chi connectivity index (χ1) is 13.0. The van der Waals surface area contributed by atoms with Gasteiger partial charge in [-0.1, -0.05) is 12.1 Å². The second kappa shape index (κ2) is 7.55. The van der Waals surface area contributed by atoms with Gasteiger partial charge in [0.05, 0.1) is 16.3 Å². The summed E-state index contributed by atoms with van der Waals surface area (Å²) in [4.78, 5) is 17.7. The van der Waals surface area contributed by atoms with Crippen molar-refractivity contribution in [2.75, 3.05) is 5.75 Å². The van der Waals surface area contributed by atoms with Crippen LogP contribution in [0.15, 0.2) is 47.4 Å². The number of rotatable bonds is 4. The fourth-order valence-electron chi connectivity index (χ4n) is 3.07. The molecular formula is C19H17FN2O3S2. The monoisotopic (exact) mass is 404 g/mol. The Morgan fingerprint density at radius 3 is 2.89 bits per heavy atom. The van der Waals surface area contributed by atoms with Crippen LogP contribution in [0.5, 0.6) is 0 Å². The van der Waals surface area contributed by atoms with Gasteiger partial charge in [0.25, 0.3) is 5.91 Å². The van der Waals surface area contributed by atoms with Crippen LogP contribution in [-0.2, 0) is 4.79 Å². The van der Waals surface area contributed by atoms with Crippen molar-refractivity contribution in [2.45, 2.75) is 29.6 Å². The van der Waals surface area contributed by atoms with Crippen LogP contribution in [-0.4, -0.2) is 33.0 Å². The third-order valence-corrected chi connectivity index (χ3v) is 6.69. The van der Waals surface area contributed by atoms with Crippen molar-refractivity contribution in [2.24, 2.45) is 0 Å². The number of thiazole rings is 1. The minimum absolute atomic E-state index is 0.282. The second-order valence-corrected chi connectivity index (χ2v) is 8.49. The molecule has 27 heavy (non-hydrogen) atoms. The third-order valence-electron chi connectivity index (χ3n) is 4.46. The Labute approximate surface area is 163 Å². The molecule has 0 fully saturated rings. The van der Waals surface area contributed by atoms with E-state index in [4.69, 9.17) is 0 Å². The molecule has 3 unspecified atom stereocenters. The van der Waals surface area contributed by atoms with Gasteiger partial charge in [0.1, 0.15) is 16.9 Å². The molecule has 1 aromatic heterocycles. The topological polar surface area (TPSA) is 82.5 Å². The number of nitrogens with one attached hydrogen (secondary N) is 1. The first kappa shape index (κ1) is 18.4. The van der Waals surface area contributed by atoms with Crippen LogP contribution in [0.4, 0.5) is 4.39 Å². The second-order valence-electron chi connectivity index (χ2n) is 6.29. The molecule has 3 aromatic rings. The summed E-state index contributed by atoms with van der Waals surface area (Å²) in [6, 6.07) is 11.4. The number of hydrogen-bond donors (Lipinski definition) is 3. The van der Waals surface area contributed by atoms with Crippen molar-refractivity contribution in [3.05, 3.63) is 58.9 Å². The van der Waals surface area contributed by atoms with Crippen LogP contribution in [0.3, 0.4) is 0 Å². The highest BCUT2D eigenvalue weighted by atomic mass is 32.2. The third kappa shape index (κ3) is 3.70. The van der Waals surface area contributed by atoms with Gasteiger partial charge in [0.15, 0.2) is 6.10 Å². The highest BCUT2D eigenvalue weighted by molar-refractivity contribution is 7.99. The van der Waals surface area contributed by atoms with E-state index in [1.54, 1.807) is 23.9 Å². The lowest BCUT2D eigenvalue weighted by molar-refractivity contribution is -0.136. The Balaban J connectivity index is 1.50. The van der Waals surface area contributed by atoms with Crippen molar-refractivity contribution in [1.29, 1.82) is 0 Å². The quantitative estimate of drug-likeness (QED) is 0.622. The lowest BCUT2D eigenvalue weighted by Crippen LogP contribution is -2.41. The van der Waals surface area contributed by atoms with Gasteiger partial charge in [-0.25, -0.2) is 9.37 Å². The van der Waals surface area contributed by atoms with Crippen LogP contribution in [0.25, 0.3) is 10.2 Å². The zero-order chi connectivity index (χ0) is 19.0. The maximum atomic E-state index is 13.6. The molecule has 0 saturated heterocycles. The van der Waals surface area contributed by atoms with Crippen molar-refractivity contribution < 1.29 is 19.4 Å². The number of fused-ring (bicyclic) bond motifs is 2. The summed E-state index contributed by atoms with van der Waals surface area (Å²) >= 11 is 2.84. The van der Waals surface area contributed by atoms with Crippen molar-refractivity contribution >= 4 is 39.2 Å². The maximum Gasteiger partial charge on any atom is 0.252 e. The normalized spacial score (nSPS) is 18.7. The predicted molar refractivity (Wildman–Crippen MR) is 103 cm³/mol. The van der Waals surface area contributed by atoms with Gasteiger partial charge in [0.2, 0.25) is 0 Å². The van der Waals surface area contributed by atoms with Gasteiger partial charge in [0, 0.05) is 10.6 Å². The van der Waals surface area contributed by atoms with Gasteiger partial charge < -0.3 is 15.5 Å². The number of hydrogen-bond acceptors (Lipinski definition) is 6. The SMILES string of the molecule is O=C(NC1CCSc2ccc(F)cc21)C(O)C(O)c1nc2ccccc2s1. The smallest absolute Gasteiger partial charge is 0.252 e. The number of amides is 1. The molecule has 0 bridgehead atoms. The molecule has 1 amide bonds. The fourth-order valence-corrected chi connectivity index (χ4v) is 5.16. The molecular weight excluding hydrogens is 387 g/mol. The molecule has 4 rings (SSSR count). The summed E-state index contributed by atoms with van der Waals surface area (Å²) in [7, 11) is 0. The molecule has 1 aliphatic rings. The number of thioether (sulfide) groups is 1. The maximum absolute atomic E-state index is 13.6. The number of aliphatic hydroxyl groups excluding tert-OH is 2. The summed E-state index contributed by atoms with van der Waals surface area (Å²) in [5.74, 6) is -0.292. The van der Waals surface area contributed by atoms with Crippen LogP contribution >= 0.6 is 23.1 Å². The minimum Gasteiger partial charge on any atom is -0.383 e. The standard InChI is InChI=1S/C19H17FN2O3S2/c20-10-5-6-14-11(9-10)12(7-8-26-14)21-18(25)16(23)17(24)19-22-13-3-1-2-4-15(13)27-19/h1-6,9,12,16-17,23-24H,7-8H2,(H,21,25). The summed E-state index contributed by atoms with van der Waals surface area (Å²) in [6.07, 6.45) is -2.46. The van der Waals surface area contributed by atoms with E-state index >= 15 is 0 Å². The molecule has 2 heterocycles. The average molecular weight is 404 g/mol. The van der Waals surface area contributed by atoms with Gasteiger partial charge >= 0.3 is 0 Å². The van der Waals surface area contributed by atoms with Crippen LogP contribution in [0.2, 0.25) is 0 Å². The molecule has 0 radical (unpaired) electrons. The molecule has 5 nitrogen and oxygen atoms in total. The zero-order valence-electron chi connectivity index (χ0n) is 14.1. The Morgan fingerprint density at radius 1 is 1.26 bits per heavy atom. The number of aromatic nitrogens is 1. The van der Waals surface area contributed by atoms with Crippen LogP contribution < -0.4 is 5.32 Å². The van der Waals surface area contributed by atoms with Gasteiger partial charge in [-0.2, -0.15) is 0 Å². The Morgan fingerprint density at radius 2 is 2.07 bits per heavy atom. The van der Waals surface area contributed by atoms with E-state index in [1.807, 2.05) is 18.2 Å². The number of benzene rings is 2. The lowest BCUT2D eigenvalue weighted by atomic mass is 10.0. The lowest BCUT2D eigenvalue weighted by Gasteiger charge is -2.27. The molecule has 0 saturated carbocycles. The number of aliphatic hydroxyl groups is 2. The highest BCUT2D eigenvalue weighted by Crippen LogP contribution is 2.37. The molecule has 2 aromatic carbocycles. The van der Waals surface area contributed by atoms with Gasteiger partial charge in [-0.3, -0.25) is 4.79 Å².